The van der Waals surface area contributed by atoms with Crippen molar-refractivity contribution in [2.45, 2.75) is 44.6 Å². The first-order chi connectivity index (χ1) is 14.7. The molecular formula is C22H24FN5O2S. The summed E-state index contributed by atoms with van der Waals surface area (Å²) in [5, 5.41) is 3.11. The average molecular weight is 442 g/mol. The zero-order chi connectivity index (χ0) is 22.2. The number of aromatic nitrogens is 3. The second kappa shape index (κ2) is 8.32. The van der Waals surface area contributed by atoms with Gasteiger partial charge in [-0.25, -0.2) is 27.8 Å². The Morgan fingerprint density at radius 2 is 1.77 bits per heavy atom. The van der Waals surface area contributed by atoms with Crippen LogP contribution in [0.3, 0.4) is 0 Å². The largest absolute Gasteiger partial charge is 0.309 e. The van der Waals surface area contributed by atoms with Crippen molar-refractivity contribution in [3.05, 3.63) is 70.9 Å². The number of hydrogen-bond acceptors (Lipinski definition) is 6. The molecule has 0 radical (unpaired) electrons. The third-order valence-electron chi connectivity index (χ3n) is 5.27. The molecule has 162 valence electrons. The maximum atomic E-state index is 13.6. The van der Waals surface area contributed by atoms with Crippen molar-refractivity contribution in [1.29, 1.82) is 0 Å². The van der Waals surface area contributed by atoms with Gasteiger partial charge in [0.15, 0.2) is 0 Å². The lowest BCUT2D eigenvalue weighted by molar-refractivity contribution is 0.390. The minimum Gasteiger partial charge on any atom is -0.309 e. The molecule has 3 heterocycles. The maximum Gasteiger partial charge on any atom is 0.243 e. The van der Waals surface area contributed by atoms with Crippen molar-refractivity contribution in [2.24, 2.45) is 0 Å². The van der Waals surface area contributed by atoms with E-state index < -0.39 is 21.9 Å². The highest BCUT2D eigenvalue weighted by Gasteiger charge is 2.37. The highest BCUT2D eigenvalue weighted by molar-refractivity contribution is 7.89. The van der Waals surface area contributed by atoms with E-state index in [0.717, 1.165) is 17.8 Å². The number of sulfonamides is 1. The standard InChI is InChI=1S/C22H24FN5O2S/c1-14-12-17(9-10-18(14)23)31(29,30)28-11-5-7-20(28)19-6-4-8-21(26-19)27-22-24-15(2)13-16(3)25-22/h4,6,8-10,12-13,20H,5,7,11H2,1-3H3,(H,24,25,26,27)/t20-/m0/s1. The molecule has 4 rings (SSSR count). The molecule has 0 unspecified atom stereocenters. The van der Waals surface area contributed by atoms with Crippen LogP contribution < -0.4 is 5.32 Å². The lowest BCUT2D eigenvalue weighted by Crippen LogP contribution is -2.31. The Bertz CT molecular complexity index is 1210. The third-order valence-corrected chi connectivity index (χ3v) is 7.18. The molecule has 1 aromatic carbocycles. The summed E-state index contributed by atoms with van der Waals surface area (Å²) in [7, 11) is -3.78. The van der Waals surface area contributed by atoms with E-state index in [4.69, 9.17) is 0 Å². The van der Waals surface area contributed by atoms with Gasteiger partial charge in [-0.2, -0.15) is 4.31 Å². The van der Waals surface area contributed by atoms with E-state index in [1.165, 1.54) is 22.5 Å². The highest BCUT2D eigenvalue weighted by atomic mass is 32.2. The molecule has 1 N–H and O–H groups in total. The van der Waals surface area contributed by atoms with Crippen LogP contribution in [0.2, 0.25) is 0 Å². The molecule has 3 aromatic rings. The molecule has 0 spiro atoms. The number of nitrogens with zero attached hydrogens (tertiary/aromatic N) is 4. The number of hydrogen-bond donors (Lipinski definition) is 1. The molecule has 0 saturated carbocycles. The summed E-state index contributed by atoms with van der Waals surface area (Å²) in [5.41, 5.74) is 2.63. The van der Waals surface area contributed by atoms with Gasteiger partial charge in [-0.15, -0.1) is 0 Å². The molecule has 1 atom stereocenters. The maximum absolute atomic E-state index is 13.6. The molecular weight excluding hydrogens is 417 g/mol. The third kappa shape index (κ3) is 4.42. The lowest BCUT2D eigenvalue weighted by Gasteiger charge is -2.24. The Kier molecular flexibility index (Phi) is 5.72. The van der Waals surface area contributed by atoms with Gasteiger partial charge in [-0.05, 0) is 75.6 Å². The van der Waals surface area contributed by atoms with Crippen LogP contribution in [0.15, 0.2) is 47.4 Å². The zero-order valence-corrected chi connectivity index (χ0v) is 18.4. The Morgan fingerprint density at radius 3 is 2.48 bits per heavy atom. The molecule has 9 heteroatoms. The minimum atomic E-state index is -3.78. The minimum absolute atomic E-state index is 0.0937. The quantitative estimate of drug-likeness (QED) is 0.638. The van der Waals surface area contributed by atoms with Gasteiger partial charge < -0.3 is 5.32 Å². The molecule has 0 bridgehead atoms. The van der Waals surface area contributed by atoms with Crippen molar-refractivity contribution in [1.82, 2.24) is 19.3 Å². The van der Waals surface area contributed by atoms with Gasteiger partial charge in [0.2, 0.25) is 16.0 Å². The SMILES string of the molecule is Cc1cc(C)nc(Nc2cccc([C@@H]3CCCN3S(=O)(=O)c3ccc(F)c(C)c3)n2)n1. The van der Waals surface area contributed by atoms with E-state index in [-0.39, 0.29) is 4.90 Å². The molecule has 1 aliphatic heterocycles. The lowest BCUT2D eigenvalue weighted by atomic mass is 10.1. The summed E-state index contributed by atoms with van der Waals surface area (Å²) >= 11 is 0. The van der Waals surface area contributed by atoms with Gasteiger partial charge >= 0.3 is 0 Å². The Balaban J connectivity index is 1.63. The van der Waals surface area contributed by atoms with Crippen LogP contribution >= 0.6 is 0 Å². The van der Waals surface area contributed by atoms with Crippen LogP contribution in [0.1, 0.15) is 41.5 Å². The van der Waals surface area contributed by atoms with E-state index in [1.54, 1.807) is 13.0 Å². The fourth-order valence-corrected chi connectivity index (χ4v) is 5.59. The predicted molar refractivity (Wildman–Crippen MR) is 116 cm³/mol. The summed E-state index contributed by atoms with van der Waals surface area (Å²) in [6.07, 6.45) is 1.39. The van der Waals surface area contributed by atoms with E-state index in [9.17, 15) is 12.8 Å². The van der Waals surface area contributed by atoms with Gasteiger partial charge in [-0.1, -0.05) is 6.07 Å². The summed E-state index contributed by atoms with van der Waals surface area (Å²) < 4.78 is 41.6. The fraction of sp³-hybridized carbons (Fsp3) is 0.318. The molecule has 1 aliphatic rings. The van der Waals surface area contributed by atoms with Crippen molar-refractivity contribution < 1.29 is 12.8 Å². The first-order valence-electron chi connectivity index (χ1n) is 10.1. The van der Waals surface area contributed by atoms with Crippen LogP contribution in [-0.4, -0.2) is 34.2 Å². The van der Waals surface area contributed by atoms with Crippen molar-refractivity contribution >= 4 is 21.8 Å². The van der Waals surface area contributed by atoms with Crippen LogP contribution in [-0.2, 0) is 10.0 Å². The van der Waals surface area contributed by atoms with Gasteiger partial charge in [0.25, 0.3) is 0 Å². The number of benzene rings is 1. The molecule has 31 heavy (non-hydrogen) atoms. The summed E-state index contributed by atoms with van der Waals surface area (Å²) in [6, 6.07) is 10.8. The second-order valence-corrected chi connectivity index (χ2v) is 9.62. The Morgan fingerprint density at radius 1 is 1.03 bits per heavy atom. The molecule has 7 nitrogen and oxygen atoms in total. The fourth-order valence-electron chi connectivity index (χ4n) is 3.84. The van der Waals surface area contributed by atoms with E-state index >= 15 is 0 Å². The number of pyridine rings is 1. The molecule has 2 aromatic heterocycles. The van der Waals surface area contributed by atoms with Crippen molar-refractivity contribution in [3.8, 4) is 0 Å². The molecule has 1 saturated heterocycles. The summed E-state index contributed by atoms with van der Waals surface area (Å²) in [4.78, 5) is 13.5. The summed E-state index contributed by atoms with van der Waals surface area (Å²) in [6.45, 7) is 5.73. The van der Waals surface area contributed by atoms with Gasteiger partial charge in [0, 0.05) is 17.9 Å². The van der Waals surface area contributed by atoms with Crippen LogP contribution in [0.5, 0.6) is 0 Å². The number of nitrogens with one attached hydrogen (secondary N) is 1. The normalized spacial score (nSPS) is 17.1. The first-order valence-corrected chi connectivity index (χ1v) is 11.5. The van der Waals surface area contributed by atoms with Crippen LogP contribution in [0.25, 0.3) is 0 Å². The number of rotatable bonds is 5. The average Bonchev–Trinajstić information content (AvgIpc) is 3.20. The first kappa shape index (κ1) is 21.3. The number of aryl methyl sites for hydroxylation is 3. The molecule has 0 aliphatic carbocycles. The topological polar surface area (TPSA) is 88.1 Å². The second-order valence-electron chi connectivity index (χ2n) is 7.73. The van der Waals surface area contributed by atoms with Crippen molar-refractivity contribution in [3.63, 3.8) is 0 Å². The molecule has 1 fully saturated rings. The van der Waals surface area contributed by atoms with Crippen molar-refractivity contribution in [2.75, 3.05) is 11.9 Å². The monoisotopic (exact) mass is 441 g/mol. The smallest absolute Gasteiger partial charge is 0.243 e. The van der Waals surface area contributed by atoms with E-state index in [2.05, 4.69) is 20.3 Å². The number of anilines is 2. The Hall–Kier alpha value is -2.91. The van der Waals surface area contributed by atoms with Gasteiger partial charge in [0.05, 0.1) is 16.6 Å². The van der Waals surface area contributed by atoms with Crippen LogP contribution in [0, 0.1) is 26.6 Å². The summed E-state index contributed by atoms with van der Waals surface area (Å²) in [5.74, 6) is 0.565. The van der Waals surface area contributed by atoms with Crippen LogP contribution in [0.4, 0.5) is 16.2 Å². The molecule has 0 amide bonds. The van der Waals surface area contributed by atoms with Gasteiger partial charge in [-0.3, -0.25) is 0 Å². The predicted octanol–water partition coefficient (Wildman–Crippen LogP) is 4.21. The van der Waals surface area contributed by atoms with E-state index in [0.29, 0.717) is 36.0 Å². The Labute approximate surface area is 181 Å². The highest BCUT2D eigenvalue weighted by Crippen LogP contribution is 2.36. The zero-order valence-electron chi connectivity index (χ0n) is 17.6. The number of halogens is 1. The van der Waals surface area contributed by atoms with Gasteiger partial charge in [0.1, 0.15) is 11.6 Å². The van der Waals surface area contributed by atoms with E-state index in [1.807, 2.05) is 32.0 Å².